The standard InChI is InChI=1S/C10H11BO3/c1-13-8-6-4-3-5-7(8)9(11)10(12)14-2/h3-6,9H,1-2H3. The number of benzene rings is 1. The molecule has 14 heavy (non-hydrogen) atoms. The van der Waals surface area contributed by atoms with E-state index in [1.54, 1.807) is 18.2 Å². The van der Waals surface area contributed by atoms with Gasteiger partial charge in [0.05, 0.1) is 22.1 Å². The second-order valence-electron chi connectivity index (χ2n) is 2.74. The lowest BCUT2D eigenvalue weighted by molar-refractivity contribution is -0.140. The molecular formula is C10H11BO3. The van der Waals surface area contributed by atoms with Crippen LogP contribution >= 0.6 is 0 Å². The lowest BCUT2D eigenvalue weighted by Gasteiger charge is -2.13. The predicted octanol–water partition coefficient (Wildman–Crippen LogP) is 1.08. The van der Waals surface area contributed by atoms with Gasteiger partial charge in [0.1, 0.15) is 5.75 Å². The van der Waals surface area contributed by atoms with Gasteiger partial charge in [-0.2, -0.15) is 0 Å². The molecule has 0 fully saturated rings. The number of para-hydroxylation sites is 1. The third-order valence-electron chi connectivity index (χ3n) is 1.93. The van der Waals surface area contributed by atoms with E-state index < -0.39 is 11.8 Å². The van der Waals surface area contributed by atoms with Crippen molar-refractivity contribution in [2.75, 3.05) is 14.2 Å². The van der Waals surface area contributed by atoms with Gasteiger partial charge in [-0.25, -0.2) is 0 Å². The minimum absolute atomic E-state index is 0.477. The van der Waals surface area contributed by atoms with Crippen LogP contribution in [0.3, 0.4) is 0 Å². The number of ether oxygens (including phenoxy) is 2. The summed E-state index contributed by atoms with van der Waals surface area (Å²) in [4.78, 5) is 11.2. The van der Waals surface area contributed by atoms with Crippen LogP contribution in [0.4, 0.5) is 0 Å². The number of hydrogen-bond acceptors (Lipinski definition) is 3. The Morgan fingerprint density at radius 3 is 2.57 bits per heavy atom. The topological polar surface area (TPSA) is 35.5 Å². The molecule has 72 valence electrons. The van der Waals surface area contributed by atoms with E-state index in [1.165, 1.54) is 14.2 Å². The lowest BCUT2D eigenvalue weighted by atomic mass is 9.80. The van der Waals surface area contributed by atoms with Crippen molar-refractivity contribution >= 4 is 13.8 Å². The van der Waals surface area contributed by atoms with Crippen LogP contribution in [0.5, 0.6) is 5.75 Å². The van der Waals surface area contributed by atoms with E-state index >= 15 is 0 Å². The SMILES string of the molecule is [B]C(C(=O)OC)c1ccccc1OC. The summed E-state index contributed by atoms with van der Waals surface area (Å²) in [6, 6.07) is 7.09. The summed E-state index contributed by atoms with van der Waals surface area (Å²) in [7, 11) is 8.50. The summed E-state index contributed by atoms with van der Waals surface area (Å²) in [5.74, 6) is -0.684. The van der Waals surface area contributed by atoms with E-state index in [0.717, 1.165) is 0 Å². The van der Waals surface area contributed by atoms with E-state index in [9.17, 15) is 4.79 Å². The van der Waals surface area contributed by atoms with E-state index in [-0.39, 0.29) is 0 Å². The molecule has 1 aromatic rings. The number of carbonyl (C=O) groups is 1. The third-order valence-corrected chi connectivity index (χ3v) is 1.93. The molecule has 0 saturated carbocycles. The van der Waals surface area contributed by atoms with Crippen molar-refractivity contribution in [1.82, 2.24) is 0 Å². The molecule has 1 unspecified atom stereocenters. The van der Waals surface area contributed by atoms with Gasteiger partial charge in [0.15, 0.2) is 0 Å². The first kappa shape index (κ1) is 10.6. The van der Waals surface area contributed by atoms with Crippen molar-refractivity contribution in [2.24, 2.45) is 0 Å². The first-order valence-corrected chi connectivity index (χ1v) is 4.17. The zero-order chi connectivity index (χ0) is 10.6. The Hall–Kier alpha value is -1.45. The Balaban J connectivity index is 2.99. The van der Waals surface area contributed by atoms with E-state index in [1.807, 2.05) is 6.07 Å². The zero-order valence-corrected chi connectivity index (χ0v) is 8.19. The summed E-state index contributed by atoms with van der Waals surface area (Å²) < 4.78 is 9.62. The fraction of sp³-hybridized carbons (Fsp3) is 0.300. The fourth-order valence-corrected chi connectivity index (χ4v) is 1.18. The molecule has 1 aromatic carbocycles. The lowest BCUT2D eigenvalue weighted by Crippen LogP contribution is -2.14. The van der Waals surface area contributed by atoms with Crippen LogP contribution in [0.25, 0.3) is 0 Å². The second-order valence-corrected chi connectivity index (χ2v) is 2.74. The molecule has 0 aliphatic carbocycles. The molecule has 0 aliphatic heterocycles. The van der Waals surface area contributed by atoms with E-state index in [0.29, 0.717) is 11.3 Å². The number of carbonyl (C=O) groups excluding carboxylic acids is 1. The van der Waals surface area contributed by atoms with Crippen LogP contribution < -0.4 is 4.74 Å². The average Bonchev–Trinajstić information content (AvgIpc) is 2.26. The normalized spacial score (nSPS) is 11.9. The molecule has 4 heteroatoms. The van der Waals surface area contributed by atoms with E-state index in [4.69, 9.17) is 12.6 Å². The number of esters is 1. The summed E-state index contributed by atoms with van der Waals surface area (Å²) in [5, 5.41) is 0. The molecule has 0 heterocycles. The van der Waals surface area contributed by atoms with Gasteiger partial charge in [0.2, 0.25) is 0 Å². The molecule has 0 amide bonds. The van der Waals surface area contributed by atoms with Crippen molar-refractivity contribution in [3.05, 3.63) is 29.8 Å². The highest BCUT2D eigenvalue weighted by Crippen LogP contribution is 2.24. The minimum Gasteiger partial charge on any atom is -0.496 e. The van der Waals surface area contributed by atoms with Crippen molar-refractivity contribution in [1.29, 1.82) is 0 Å². The number of hydrogen-bond donors (Lipinski definition) is 0. The van der Waals surface area contributed by atoms with Gasteiger partial charge in [0.25, 0.3) is 0 Å². The highest BCUT2D eigenvalue weighted by molar-refractivity contribution is 6.23. The number of methoxy groups -OCH3 is 2. The highest BCUT2D eigenvalue weighted by Gasteiger charge is 2.18. The van der Waals surface area contributed by atoms with Gasteiger partial charge in [-0.3, -0.25) is 4.79 Å². The second kappa shape index (κ2) is 4.70. The molecule has 1 rings (SSSR count). The van der Waals surface area contributed by atoms with E-state index in [2.05, 4.69) is 4.74 Å². The number of rotatable bonds is 3. The Bertz CT molecular complexity index is 325. The summed E-state index contributed by atoms with van der Waals surface area (Å²) in [6.07, 6.45) is 0. The molecule has 0 saturated heterocycles. The Morgan fingerprint density at radius 2 is 2.00 bits per heavy atom. The van der Waals surface area contributed by atoms with Crippen LogP contribution in [0, 0.1) is 0 Å². The smallest absolute Gasteiger partial charge is 0.304 e. The monoisotopic (exact) mass is 190 g/mol. The van der Waals surface area contributed by atoms with Gasteiger partial charge < -0.3 is 9.47 Å². The molecule has 1 atom stereocenters. The summed E-state index contributed by atoms with van der Waals surface area (Å²) in [5.41, 5.74) is 0.627. The molecule has 0 aromatic heterocycles. The Labute approximate surface area is 84.4 Å². The van der Waals surface area contributed by atoms with Crippen LogP contribution in [0.2, 0.25) is 0 Å². The maximum Gasteiger partial charge on any atom is 0.304 e. The largest absolute Gasteiger partial charge is 0.496 e. The van der Waals surface area contributed by atoms with Gasteiger partial charge in [-0.1, -0.05) is 18.2 Å². The van der Waals surface area contributed by atoms with Crippen molar-refractivity contribution < 1.29 is 14.3 Å². The highest BCUT2D eigenvalue weighted by atomic mass is 16.5. The summed E-state index contributed by atoms with van der Waals surface area (Å²) in [6.45, 7) is 0. The minimum atomic E-state index is -0.795. The van der Waals surface area contributed by atoms with Crippen molar-refractivity contribution in [2.45, 2.75) is 5.82 Å². The van der Waals surface area contributed by atoms with Crippen molar-refractivity contribution in [3.63, 3.8) is 0 Å². The van der Waals surface area contributed by atoms with Crippen LogP contribution in [0.1, 0.15) is 11.4 Å². The van der Waals surface area contributed by atoms with Crippen LogP contribution in [-0.2, 0) is 9.53 Å². The first-order chi connectivity index (χ1) is 6.70. The van der Waals surface area contributed by atoms with Gasteiger partial charge >= 0.3 is 5.97 Å². The van der Waals surface area contributed by atoms with Gasteiger partial charge in [-0.05, 0) is 11.6 Å². The van der Waals surface area contributed by atoms with Gasteiger partial charge in [0, 0.05) is 5.82 Å². The third kappa shape index (κ3) is 2.07. The molecule has 0 aliphatic rings. The van der Waals surface area contributed by atoms with Crippen molar-refractivity contribution in [3.8, 4) is 5.75 Å². The molecule has 0 spiro atoms. The van der Waals surface area contributed by atoms with Crippen LogP contribution in [0.15, 0.2) is 24.3 Å². The summed E-state index contributed by atoms with van der Waals surface area (Å²) >= 11 is 0. The quantitative estimate of drug-likeness (QED) is 0.528. The molecule has 0 N–H and O–H groups in total. The Kier molecular flexibility index (Phi) is 3.57. The predicted molar refractivity (Wildman–Crippen MR) is 53.5 cm³/mol. The first-order valence-electron chi connectivity index (χ1n) is 4.17. The molecule has 0 bridgehead atoms. The average molecular weight is 190 g/mol. The van der Waals surface area contributed by atoms with Crippen LogP contribution in [-0.4, -0.2) is 28.0 Å². The molecule has 3 nitrogen and oxygen atoms in total. The molecule has 2 radical (unpaired) electrons. The maximum absolute atomic E-state index is 11.2. The molecular weight excluding hydrogens is 179 g/mol. The maximum atomic E-state index is 11.2. The Morgan fingerprint density at radius 1 is 1.36 bits per heavy atom. The zero-order valence-electron chi connectivity index (χ0n) is 8.19. The fourth-order valence-electron chi connectivity index (χ4n) is 1.18. The van der Waals surface area contributed by atoms with Gasteiger partial charge in [-0.15, -0.1) is 0 Å².